The summed E-state index contributed by atoms with van der Waals surface area (Å²) < 4.78 is 13.7. The van der Waals surface area contributed by atoms with Gasteiger partial charge in [0.15, 0.2) is 0 Å². The van der Waals surface area contributed by atoms with Crippen LogP contribution in [0.3, 0.4) is 0 Å². The van der Waals surface area contributed by atoms with Crippen molar-refractivity contribution in [1.82, 2.24) is 4.57 Å². The number of nitrogens with zero attached hydrogens (tertiary/aromatic N) is 2. The molecule has 0 radical (unpaired) electrons. The quantitative estimate of drug-likeness (QED) is 0.137. The van der Waals surface area contributed by atoms with Crippen molar-refractivity contribution >= 4 is 49.6 Å². The van der Waals surface area contributed by atoms with Crippen LogP contribution in [0.5, 0.6) is 11.5 Å². The fourth-order valence-electron chi connectivity index (χ4n) is 11.6. The van der Waals surface area contributed by atoms with Crippen molar-refractivity contribution in [3.63, 3.8) is 0 Å². The van der Waals surface area contributed by atoms with Crippen molar-refractivity contribution in [3.05, 3.63) is 277 Å². The van der Waals surface area contributed by atoms with E-state index in [9.17, 15) is 0 Å². The molecule has 0 amide bonds. The first-order valence-corrected chi connectivity index (χ1v) is 24.2. The fraction of sp³-hybridized carbons (Fsp3) is 0.0448. The minimum atomic E-state index is -0.529. The van der Waals surface area contributed by atoms with Crippen LogP contribution in [0, 0.1) is 0 Å². The molecule has 1 aliphatic rings. The van der Waals surface area contributed by atoms with E-state index in [1.54, 1.807) is 14.2 Å². The molecule has 4 nitrogen and oxygen atoms in total. The third-order valence-electron chi connectivity index (χ3n) is 14.7. The highest BCUT2D eigenvalue weighted by molar-refractivity contribution is 6.24. The van der Waals surface area contributed by atoms with Crippen molar-refractivity contribution < 1.29 is 9.47 Å². The third kappa shape index (κ3) is 6.60. The zero-order chi connectivity index (χ0) is 47.5. The molecule has 0 spiro atoms. The predicted molar refractivity (Wildman–Crippen MR) is 294 cm³/mol. The maximum absolute atomic E-state index is 5.61. The molecule has 4 heteroatoms. The third-order valence-corrected chi connectivity index (χ3v) is 14.7. The number of benzene rings is 11. The van der Waals surface area contributed by atoms with Crippen LogP contribution in [-0.4, -0.2) is 18.8 Å². The molecule has 0 fully saturated rings. The van der Waals surface area contributed by atoms with Gasteiger partial charge in [-0.3, -0.25) is 0 Å². The predicted octanol–water partition coefficient (Wildman–Crippen LogP) is 17.1. The zero-order valence-corrected chi connectivity index (χ0v) is 39.5. The van der Waals surface area contributed by atoms with Crippen molar-refractivity contribution in [1.29, 1.82) is 0 Å². The minimum absolute atomic E-state index is 0.529. The lowest BCUT2D eigenvalue weighted by Gasteiger charge is -2.34. The van der Waals surface area contributed by atoms with Gasteiger partial charge in [0.05, 0.1) is 36.4 Å². The van der Waals surface area contributed by atoms with Crippen LogP contribution in [0.15, 0.2) is 255 Å². The van der Waals surface area contributed by atoms with Gasteiger partial charge < -0.3 is 18.9 Å². The van der Waals surface area contributed by atoms with Crippen LogP contribution >= 0.6 is 0 Å². The molecular formula is C67H48N2O2. The lowest BCUT2D eigenvalue weighted by Crippen LogP contribution is -2.28. The highest BCUT2D eigenvalue weighted by atomic mass is 16.5. The Balaban J connectivity index is 1.06. The summed E-state index contributed by atoms with van der Waals surface area (Å²) in [7, 11) is 3.41. The van der Waals surface area contributed by atoms with Crippen LogP contribution in [0.4, 0.5) is 17.1 Å². The van der Waals surface area contributed by atoms with Gasteiger partial charge in [0.2, 0.25) is 0 Å². The summed E-state index contributed by atoms with van der Waals surface area (Å²) in [5.74, 6) is 1.61. The van der Waals surface area contributed by atoms with Crippen molar-refractivity contribution in [2.24, 2.45) is 0 Å². The number of anilines is 3. The Kier molecular flexibility index (Phi) is 10.1. The smallest absolute Gasteiger partial charge is 0.119 e. The van der Waals surface area contributed by atoms with Crippen LogP contribution in [-0.2, 0) is 5.41 Å². The lowest BCUT2D eigenvalue weighted by atomic mass is 9.67. The molecule has 338 valence electrons. The molecule has 71 heavy (non-hydrogen) atoms. The lowest BCUT2D eigenvalue weighted by molar-refractivity contribution is 0.415. The molecule has 0 N–H and O–H groups in total. The van der Waals surface area contributed by atoms with Gasteiger partial charge in [-0.25, -0.2) is 0 Å². The van der Waals surface area contributed by atoms with E-state index in [1.165, 1.54) is 66.0 Å². The second-order valence-corrected chi connectivity index (χ2v) is 18.3. The molecule has 1 heterocycles. The van der Waals surface area contributed by atoms with Crippen molar-refractivity contribution in [2.75, 3.05) is 19.1 Å². The molecule has 0 unspecified atom stereocenters. The first-order chi connectivity index (χ1) is 35.1. The normalized spacial score (nSPS) is 12.5. The Morgan fingerprint density at radius 3 is 1.48 bits per heavy atom. The number of hydrogen-bond acceptors (Lipinski definition) is 3. The monoisotopic (exact) mass is 912 g/mol. The molecule has 12 aromatic rings. The molecule has 0 bridgehead atoms. The highest BCUT2D eigenvalue weighted by Crippen LogP contribution is 2.57. The summed E-state index contributed by atoms with van der Waals surface area (Å²) in [5.41, 5.74) is 18.1. The molecule has 0 atom stereocenters. The van der Waals surface area contributed by atoms with Crippen LogP contribution in [0.1, 0.15) is 22.3 Å². The number of fused-ring (bicyclic) bond motifs is 8. The Bertz CT molecular complexity index is 3860. The minimum Gasteiger partial charge on any atom is -0.497 e. The SMILES string of the molecule is COc1ccc(N(c2ccc(OC)cc2)c2ccccc2-c2ccccc2-c2cc3c(c4ccccc24)c2ccccc2n3-c2ccc3c(c2)C(c2ccccc2)(c2ccccc2)c2ccccc2-3)cc1. The number of ether oxygens (including phenoxy) is 2. The van der Waals surface area contributed by atoms with Crippen LogP contribution in [0.2, 0.25) is 0 Å². The van der Waals surface area contributed by atoms with E-state index in [0.717, 1.165) is 56.5 Å². The van der Waals surface area contributed by atoms with Gasteiger partial charge in [-0.05, 0) is 140 Å². The topological polar surface area (TPSA) is 26.6 Å². The average Bonchev–Trinajstić information content (AvgIpc) is 3.94. The molecule has 1 aliphatic carbocycles. The Hall–Kier alpha value is -9.12. The first-order valence-electron chi connectivity index (χ1n) is 24.2. The first kappa shape index (κ1) is 42.0. The molecule has 0 saturated heterocycles. The number of methoxy groups -OCH3 is 2. The van der Waals surface area contributed by atoms with Gasteiger partial charge in [-0.2, -0.15) is 0 Å². The van der Waals surface area contributed by atoms with Gasteiger partial charge in [0.25, 0.3) is 0 Å². The number of rotatable bonds is 10. The van der Waals surface area contributed by atoms with E-state index in [2.05, 4.69) is 240 Å². The van der Waals surface area contributed by atoms with Crippen molar-refractivity contribution in [2.45, 2.75) is 5.41 Å². The Morgan fingerprint density at radius 1 is 0.352 bits per heavy atom. The maximum Gasteiger partial charge on any atom is 0.119 e. The largest absolute Gasteiger partial charge is 0.497 e. The van der Waals surface area contributed by atoms with Gasteiger partial charge in [0.1, 0.15) is 11.5 Å². The van der Waals surface area contributed by atoms with E-state index in [0.29, 0.717) is 0 Å². The summed E-state index contributed by atoms with van der Waals surface area (Å²) in [6, 6.07) is 92.8. The van der Waals surface area contributed by atoms with E-state index in [4.69, 9.17) is 9.47 Å². The second kappa shape index (κ2) is 17.1. The molecule has 13 rings (SSSR count). The average molecular weight is 913 g/mol. The number of para-hydroxylation sites is 2. The van der Waals surface area contributed by atoms with Crippen LogP contribution in [0.25, 0.3) is 71.6 Å². The van der Waals surface area contributed by atoms with Gasteiger partial charge >= 0.3 is 0 Å². The van der Waals surface area contributed by atoms with E-state index < -0.39 is 5.41 Å². The summed E-state index contributed by atoms with van der Waals surface area (Å²) in [5, 5.41) is 4.88. The number of aromatic nitrogens is 1. The summed E-state index contributed by atoms with van der Waals surface area (Å²) >= 11 is 0. The Morgan fingerprint density at radius 2 is 0.845 bits per heavy atom. The molecule has 1 aromatic heterocycles. The van der Waals surface area contributed by atoms with Gasteiger partial charge in [-0.15, -0.1) is 0 Å². The maximum atomic E-state index is 5.61. The molecular weight excluding hydrogens is 865 g/mol. The molecule has 11 aromatic carbocycles. The van der Waals surface area contributed by atoms with Gasteiger partial charge in [0, 0.05) is 33.4 Å². The second-order valence-electron chi connectivity index (χ2n) is 18.3. The van der Waals surface area contributed by atoms with E-state index in [1.807, 2.05) is 24.3 Å². The standard InChI is InChI=1S/C67H48N2O2/c1-70-50-38-33-47(34-39-50)68(48-35-40-51(71-2)41-36-48)63-31-17-14-27-57(63)52-23-9-10-24-53(52)60-44-65-66(58-28-12-11-25-54(58)60)59-29-15-18-32-64(59)69(65)49-37-42-56-55-26-13-16-30-61(55)67(62(56)43-49,45-19-5-3-6-20-45)46-21-7-4-8-22-46/h3-44H,1-2H3. The summed E-state index contributed by atoms with van der Waals surface area (Å²) in [4.78, 5) is 2.32. The Labute approximate surface area is 413 Å². The van der Waals surface area contributed by atoms with Crippen LogP contribution < -0.4 is 14.4 Å². The number of hydrogen-bond donors (Lipinski definition) is 0. The fourth-order valence-corrected chi connectivity index (χ4v) is 11.6. The zero-order valence-electron chi connectivity index (χ0n) is 39.5. The molecule has 0 aliphatic heterocycles. The van der Waals surface area contributed by atoms with E-state index in [-0.39, 0.29) is 0 Å². The van der Waals surface area contributed by atoms with E-state index >= 15 is 0 Å². The highest BCUT2D eigenvalue weighted by Gasteiger charge is 2.46. The van der Waals surface area contributed by atoms with Crippen molar-refractivity contribution in [3.8, 4) is 50.6 Å². The summed E-state index contributed by atoms with van der Waals surface area (Å²) in [6.45, 7) is 0. The molecule has 0 saturated carbocycles. The van der Waals surface area contributed by atoms with Gasteiger partial charge in [-0.1, -0.05) is 176 Å². The summed E-state index contributed by atoms with van der Waals surface area (Å²) in [6.07, 6.45) is 0.